The van der Waals surface area contributed by atoms with Crippen LogP contribution in [0.3, 0.4) is 0 Å². The first-order chi connectivity index (χ1) is 15.5. The molecule has 6 heteroatoms. The largest absolute Gasteiger partial charge is 0.390 e. The van der Waals surface area contributed by atoms with Crippen LogP contribution >= 0.6 is 0 Å². The fraction of sp³-hybridized carbons (Fsp3) is 0.385. The quantitative estimate of drug-likeness (QED) is 0.653. The van der Waals surface area contributed by atoms with E-state index >= 15 is 0 Å². The molecule has 2 aliphatic heterocycles. The van der Waals surface area contributed by atoms with Gasteiger partial charge in [-0.15, -0.1) is 0 Å². The lowest BCUT2D eigenvalue weighted by molar-refractivity contribution is 0.0491. The Morgan fingerprint density at radius 1 is 1.06 bits per heavy atom. The molecule has 2 aromatic heterocycles. The summed E-state index contributed by atoms with van der Waals surface area (Å²) in [6.45, 7) is 3.35. The van der Waals surface area contributed by atoms with E-state index in [2.05, 4.69) is 46.4 Å². The summed E-state index contributed by atoms with van der Waals surface area (Å²) in [5.41, 5.74) is 6.53. The molecule has 32 heavy (non-hydrogen) atoms. The van der Waals surface area contributed by atoms with Gasteiger partial charge in [0.1, 0.15) is 0 Å². The number of amides is 1. The zero-order valence-corrected chi connectivity index (χ0v) is 18.6. The summed E-state index contributed by atoms with van der Waals surface area (Å²) in [6.07, 6.45) is 7.93. The number of aryl methyl sites for hydroxylation is 1. The summed E-state index contributed by atoms with van der Waals surface area (Å²) >= 11 is 0. The van der Waals surface area contributed by atoms with E-state index in [1.165, 1.54) is 16.7 Å². The number of aliphatic hydroxyl groups is 1. The van der Waals surface area contributed by atoms with E-state index in [1.54, 1.807) is 4.90 Å². The second-order valence-corrected chi connectivity index (χ2v) is 9.11. The molecule has 4 heterocycles. The minimum Gasteiger partial charge on any atom is -0.390 e. The molecule has 0 fully saturated rings. The zero-order valence-electron chi connectivity index (χ0n) is 18.6. The van der Waals surface area contributed by atoms with Gasteiger partial charge in [0.25, 0.3) is 5.91 Å². The van der Waals surface area contributed by atoms with E-state index < -0.39 is 6.10 Å². The van der Waals surface area contributed by atoms with Gasteiger partial charge in [-0.1, -0.05) is 24.3 Å². The molecule has 3 aromatic rings. The van der Waals surface area contributed by atoms with E-state index in [0.717, 1.165) is 43.6 Å². The van der Waals surface area contributed by atoms with Crippen molar-refractivity contribution < 1.29 is 9.90 Å². The van der Waals surface area contributed by atoms with Crippen molar-refractivity contribution in [2.24, 2.45) is 7.05 Å². The molecule has 0 spiro atoms. The zero-order chi connectivity index (χ0) is 22.1. The minimum absolute atomic E-state index is 0.0169. The number of pyridine rings is 1. The predicted molar refractivity (Wildman–Crippen MR) is 123 cm³/mol. The average molecular weight is 431 g/mol. The molecular formula is C26H30N4O2. The lowest BCUT2D eigenvalue weighted by atomic mass is 9.99. The highest BCUT2D eigenvalue weighted by molar-refractivity contribution is 5.96. The monoisotopic (exact) mass is 430 g/mol. The fourth-order valence-corrected chi connectivity index (χ4v) is 4.93. The SMILES string of the molecule is Cn1ccc(Cc2cnc3c(c2)C(=O)N(CC(O)CN2CCc4ccccc4C2)CC3)c1. The highest BCUT2D eigenvalue weighted by atomic mass is 16.3. The Hall–Kier alpha value is -2.96. The Balaban J connectivity index is 1.22. The van der Waals surface area contributed by atoms with Crippen LogP contribution in [0.2, 0.25) is 0 Å². The Labute approximate surface area is 189 Å². The van der Waals surface area contributed by atoms with Crippen LogP contribution in [0.25, 0.3) is 0 Å². The number of aliphatic hydroxyl groups excluding tert-OH is 1. The number of fused-ring (bicyclic) bond motifs is 2. The van der Waals surface area contributed by atoms with Crippen molar-refractivity contribution >= 4 is 5.91 Å². The molecule has 1 N–H and O–H groups in total. The Kier molecular flexibility index (Phi) is 5.81. The molecule has 0 bridgehead atoms. The molecule has 0 saturated carbocycles. The molecule has 1 unspecified atom stereocenters. The number of benzene rings is 1. The second-order valence-electron chi connectivity index (χ2n) is 9.11. The standard InChI is InChI=1S/C26H30N4O2/c1-28-9-6-19(15-28)12-20-13-24-25(27-14-20)8-11-30(26(24)32)18-23(31)17-29-10-7-21-4-2-3-5-22(21)16-29/h2-6,9,13-15,23,31H,7-8,10-12,16-18H2,1H3. The lowest BCUT2D eigenvalue weighted by Crippen LogP contribution is -2.46. The van der Waals surface area contributed by atoms with Gasteiger partial charge in [0.15, 0.2) is 0 Å². The first-order valence-electron chi connectivity index (χ1n) is 11.4. The number of rotatable bonds is 6. The maximum atomic E-state index is 13.2. The summed E-state index contributed by atoms with van der Waals surface area (Å²) in [7, 11) is 2.00. The molecule has 2 aliphatic rings. The molecule has 5 rings (SSSR count). The molecule has 6 nitrogen and oxygen atoms in total. The van der Waals surface area contributed by atoms with Gasteiger partial charge in [-0.25, -0.2) is 0 Å². The van der Waals surface area contributed by atoms with Crippen LogP contribution < -0.4 is 0 Å². The third-order valence-corrected chi connectivity index (χ3v) is 6.57. The smallest absolute Gasteiger partial charge is 0.255 e. The van der Waals surface area contributed by atoms with Gasteiger partial charge in [0.05, 0.1) is 17.4 Å². The summed E-state index contributed by atoms with van der Waals surface area (Å²) < 4.78 is 2.02. The molecule has 1 aromatic carbocycles. The van der Waals surface area contributed by atoms with Crippen molar-refractivity contribution in [3.05, 3.63) is 88.5 Å². The molecule has 1 atom stereocenters. The fourth-order valence-electron chi connectivity index (χ4n) is 4.93. The van der Waals surface area contributed by atoms with Crippen molar-refractivity contribution in [3.63, 3.8) is 0 Å². The van der Waals surface area contributed by atoms with E-state index in [-0.39, 0.29) is 5.91 Å². The van der Waals surface area contributed by atoms with Gasteiger partial charge in [0.2, 0.25) is 0 Å². The first-order valence-corrected chi connectivity index (χ1v) is 11.4. The van der Waals surface area contributed by atoms with Crippen LogP contribution in [0.1, 0.15) is 38.3 Å². The van der Waals surface area contributed by atoms with Crippen molar-refractivity contribution in [2.45, 2.75) is 31.9 Å². The molecule has 0 saturated heterocycles. The van der Waals surface area contributed by atoms with Crippen LogP contribution in [0.15, 0.2) is 55.0 Å². The molecular weight excluding hydrogens is 400 g/mol. The number of carbonyl (C=O) groups is 1. The summed E-state index contributed by atoms with van der Waals surface area (Å²) in [4.78, 5) is 21.8. The Morgan fingerprint density at radius 3 is 2.72 bits per heavy atom. The van der Waals surface area contributed by atoms with Gasteiger partial charge in [0, 0.05) is 71.2 Å². The van der Waals surface area contributed by atoms with Crippen molar-refractivity contribution in [2.75, 3.05) is 26.2 Å². The lowest BCUT2D eigenvalue weighted by Gasteiger charge is -2.33. The van der Waals surface area contributed by atoms with Crippen molar-refractivity contribution in [3.8, 4) is 0 Å². The minimum atomic E-state index is -0.564. The summed E-state index contributed by atoms with van der Waals surface area (Å²) in [5.74, 6) is -0.0169. The van der Waals surface area contributed by atoms with Gasteiger partial charge in [-0.3, -0.25) is 14.7 Å². The van der Waals surface area contributed by atoms with E-state index in [1.807, 2.05) is 30.1 Å². The molecule has 0 radical (unpaired) electrons. The second kappa shape index (κ2) is 8.88. The highest BCUT2D eigenvalue weighted by Gasteiger charge is 2.28. The summed E-state index contributed by atoms with van der Waals surface area (Å²) in [5, 5.41) is 10.8. The number of carbonyl (C=O) groups excluding carboxylic acids is 1. The third-order valence-electron chi connectivity index (χ3n) is 6.57. The van der Waals surface area contributed by atoms with Gasteiger partial charge in [-0.2, -0.15) is 0 Å². The van der Waals surface area contributed by atoms with E-state index in [4.69, 9.17) is 0 Å². The van der Waals surface area contributed by atoms with Crippen LogP contribution in [-0.2, 0) is 32.9 Å². The normalized spacial score (nSPS) is 17.2. The Bertz CT molecular complexity index is 1120. The number of aromatic nitrogens is 2. The Morgan fingerprint density at radius 2 is 1.91 bits per heavy atom. The van der Waals surface area contributed by atoms with Crippen LogP contribution in [-0.4, -0.2) is 62.6 Å². The number of hydrogen-bond donors (Lipinski definition) is 1. The van der Waals surface area contributed by atoms with Gasteiger partial charge >= 0.3 is 0 Å². The molecule has 0 aliphatic carbocycles. The topological polar surface area (TPSA) is 61.6 Å². The van der Waals surface area contributed by atoms with Gasteiger partial charge < -0.3 is 14.6 Å². The van der Waals surface area contributed by atoms with E-state index in [9.17, 15) is 9.90 Å². The average Bonchev–Trinajstić information content (AvgIpc) is 3.20. The van der Waals surface area contributed by atoms with Crippen LogP contribution in [0.5, 0.6) is 0 Å². The van der Waals surface area contributed by atoms with Crippen molar-refractivity contribution in [1.82, 2.24) is 19.4 Å². The maximum absolute atomic E-state index is 13.2. The first kappa shape index (κ1) is 20.9. The number of nitrogens with zero attached hydrogens (tertiary/aromatic N) is 4. The number of hydrogen-bond acceptors (Lipinski definition) is 4. The number of β-amino-alcohol motifs (C(OH)–C–C–N with tert-alkyl or cyclic N) is 1. The molecule has 166 valence electrons. The van der Waals surface area contributed by atoms with Crippen LogP contribution in [0, 0.1) is 0 Å². The molecule has 1 amide bonds. The third kappa shape index (κ3) is 4.47. The van der Waals surface area contributed by atoms with Gasteiger partial charge in [-0.05, 0) is 40.8 Å². The van der Waals surface area contributed by atoms with E-state index in [0.29, 0.717) is 25.2 Å². The van der Waals surface area contributed by atoms with Crippen molar-refractivity contribution in [1.29, 1.82) is 0 Å². The maximum Gasteiger partial charge on any atom is 0.255 e. The summed E-state index contributed by atoms with van der Waals surface area (Å²) in [6, 6.07) is 12.6. The predicted octanol–water partition coefficient (Wildman–Crippen LogP) is 2.43. The highest BCUT2D eigenvalue weighted by Crippen LogP contribution is 2.22. The van der Waals surface area contributed by atoms with Crippen LogP contribution in [0.4, 0.5) is 0 Å².